The smallest absolute Gasteiger partial charge is 0.271 e. The van der Waals surface area contributed by atoms with E-state index < -0.39 is 4.92 Å². The molecule has 4 aromatic rings. The van der Waals surface area contributed by atoms with E-state index >= 15 is 0 Å². The Bertz CT molecular complexity index is 1430. The summed E-state index contributed by atoms with van der Waals surface area (Å²) in [4.78, 5) is 30.7. The Balaban J connectivity index is 1.49. The van der Waals surface area contributed by atoms with Gasteiger partial charge in [-0.1, -0.05) is 48.5 Å². The van der Waals surface area contributed by atoms with Gasteiger partial charge in [-0.2, -0.15) is 0 Å². The van der Waals surface area contributed by atoms with Crippen molar-refractivity contribution < 1.29 is 14.1 Å². The van der Waals surface area contributed by atoms with Crippen LogP contribution in [-0.4, -0.2) is 16.0 Å². The fraction of sp³-hybridized carbons (Fsp3) is 0. The molecule has 5 rings (SSSR count). The van der Waals surface area contributed by atoms with E-state index in [-0.39, 0.29) is 11.6 Å². The summed E-state index contributed by atoms with van der Waals surface area (Å²) in [6.07, 6.45) is 1.66. The summed E-state index contributed by atoms with van der Waals surface area (Å²) in [6.45, 7) is 0. The van der Waals surface area contributed by atoms with Gasteiger partial charge in [-0.25, -0.2) is 4.99 Å². The van der Waals surface area contributed by atoms with Crippen LogP contribution < -0.4 is 4.90 Å². The summed E-state index contributed by atoms with van der Waals surface area (Å²) in [5, 5.41) is 11.6. The van der Waals surface area contributed by atoms with Crippen LogP contribution in [0.3, 0.4) is 0 Å². The van der Waals surface area contributed by atoms with Crippen molar-refractivity contribution in [2.45, 2.75) is 0 Å². The number of hydrogen-bond acceptors (Lipinski definition) is 6. The first-order valence-corrected chi connectivity index (χ1v) is 11.2. The lowest BCUT2D eigenvalue weighted by atomic mass is 10.1. The average molecular weight is 468 g/mol. The highest BCUT2D eigenvalue weighted by molar-refractivity contribution is 8.19. The number of amidine groups is 1. The van der Waals surface area contributed by atoms with Gasteiger partial charge in [0.15, 0.2) is 5.17 Å². The van der Waals surface area contributed by atoms with Crippen LogP contribution in [0.2, 0.25) is 0 Å². The van der Waals surface area contributed by atoms with Gasteiger partial charge in [0.25, 0.3) is 11.6 Å². The van der Waals surface area contributed by atoms with Crippen LogP contribution in [0.1, 0.15) is 5.76 Å². The molecule has 1 amide bonds. The predicted octanol–water partition coefficient (Wildman–Crippen LogP) is 6.66. The van der Waals surface area contributed by atoms with Gasteiger partial charge in [0.05, 0.1) is 21.2 Å². The SMILES string of the molecule is O=C1C(=Cc2ccc(-c3cccc([N+](=O)[O-])c3)o2)SC(=Nc2ccccc2)N1c1ccccc1. The monoisotopic (exact) mass is 467 g/mol. The molecule has 0 atom stereocenters. The molecule has 0 radical (unpaired) electrons. The summed E-state index contributed by atoms with van der Waals surface area (Å²) < 4.78 is 5.89. The first-order chi connectivity index (χ1) is 16.6. The van der Waals surface area contributed by atoms with E-state index in [1.54, 1.807) is 35.2 Å². The van der Waals surface area contributed by atoms with Crippen molar-refractivity contribution in [2.24, 2.45) is 4.99 Å². The van der Waals surface area contributed by atoms with Crippen LogP contribution in [0.4, 0.5) is 17.1 Å². The summed E-state index contributed by atoms with van der Waals surface area (Å²) in [7, 11) is 0. The quantitative estimate of drug-likeness (QED) is 0.186. The molecule has 1 fully saturated rings. The first-order valence-electron chi connectivity index (χ1n) is 10.4. The standard InChI is InChI=1S/C26H17N3O4S/c30-25-24(17-22-14-15-23(33-22)18-8-7-13-21(16-18)29(31)32)34-26(27-19-9-3-1-4-10-19)28(25)20-11-5-2-6-12-20/h1-17H. The molecule has 1 aliphatic rings. The zero-order chi connectivity index (χ0) is 23.5. The van der Waals surface area contributed by atoms with Gasteiger partial charge in [-0.3, -0.25) is 19.8 Å². The molecule has 0 aliphatic carbocycles. The molecule has 0 saturated carbocycles. The molecule has 34 heavy (non-hydrogen) atoms. The zero-order valence-electron chi connectivity index (χ0n) is 17.7. The van der Waals surface area contributed by atoms with Crippen LogP contribution in [-0.2, 0) is 4.79 Å². The number of amides is 1. The normalized spacial score (nSPS) is 15.9. The van der Waals surface area contributed by atoms with Gasteiger partial charge in [-0.05, 0) is 48.2 Å². The van der Waals surface area contributed by atoms with Crippen molar-refractivity contribution in [3.8, 4) is 11.3 Å². The number of anilines is 1. The average Bonchev–Trinajstić information content (AvgIpc) is 3.45. The zero-order valence-corrected chi connectivity index (χ0v) is 18.5. The van der Waals surface area contributed by atoms with E-state index in [1.807, 2.05) is 60.7 Å². The van der Waals surface area contributed by atoms with Crippen molar-refractivity contribution >= 4 is 46.0 Å². The van der Waals surface area contributed by atoms with Crippen LogP contribution in [0.25, 0.3) is 17.4 Å². The molecular formula is C26H17N3O4S. The van der Waals surface area contributed by atoms with Crippen molar-refractivity contribution in [1.82, 2.24) is 0 Å². The molecule has 7 nitrogen and oxygen atoms in total. The second-order valence-electron chi connectivity index (χ2n) is 7.33. The number of nitro benzene ring substituents is 1. The van der Waals surface area contributed by atoms with Crippen molar-refractivity contribution in [1.29, 1.82) is 0 Å². The fourth-order valence-electron chi connectivity index (χ4n) is 3.45. The van der Waals surface area contributed by atoms with Gasteiger partial charge < -0.3 is 4.42 Å². The second kappa shape index (κ2) is 9.21. The molecule has 1 aliphatic heterocycles. The third-order valence-corrected chi connectivity index (χ3v) is 6.01. The summed E-state index contributed by atoms with van der Waals surface area (Å²) >= 11 is 1.26. The summed E-state index contributed by atoms with van der Waals surface area (Å²) in [6, 6.07) is 28.5. The minimum absolute atomic E-state index is 0.0180. The highest BCUT2D eigenvalue weighted by atomic mass is 32.2. The lowest BCUT2D eigenvalue weighted by molar-refractivity contribution is -0.384. The first kappa shape index (κ1) is 21.4. The minimum Gasteiger partial charge on any atom is -0.457 e. The van der Waals surface area contributed by atoms with Crippen LogP contribution in [0.5, 0.6) is 0 Å². The van der Waals surface area contributed by atoms with E-state index in [0.29, 0.717) is 27.2 Å². The Morgan fingerprint density at radius 2 is 1.65 bits per heavy atom. The lowest BCUT2D eigenvalue weighted by Gasteiger charge is -2.15. The van der Waals surface area contributed by atoms with E-state index in [4.69, 9.17) is 4.42 Å². The number of nitro groups is 1. The van der Waals surface area contributed by atoms with Gasteiger partial charge in [-0.15, -0.1) is 0 Å². The predicted molar refractivity (Wildman–Crippen MR) is 134 cm³/mol. The number of thioether (sulfide) groups is 1. The third-order valence-electron chi connectivity index (χ3n) is 5.04. The number of carbonyl (C=O) groups is 1. The van der Waals surface area contributed by atoms with Gasteiger partial charge in [0.1, 0.15) is 11.5 Å². The maximum atomic E-state index is 13.3. The number of non-ortho nitro benzene ring substituents is 1. The lowest BCUT2D eigenvalue weighted by Crippen LogP contribution is -2.28. The van der Waals surface area contributed by atoms with Gasteiger partial charge in [0, 0.05) is 23.8 Å². The topological polar surface area (TPSA) is 88.9 Å². The van der Waals surface area contributed by atoms with Crippen molar-refractivity contribution in [3.05, 3.63) is 118 Å². The highest BCUT2D eigenvalue weighted by Gasteiger charge is 2.35. The molecule has 166 valence electrons. The molecule has 0 unspecified atom stereocenters. The number of para-hydroxylation sites is 2. The molecule has 0 N–H and O–H groups in total. The molecule has 0 spiro atoms. The Labute approximate surface area is 199 Å². The molecule has 2 heterocycles. The summed E-state index contributed by atoms with van der Waals surface area (Å²) in [5.74, 6) is 0.731. The highest BCUT2D eigenvalue weighted by Crippen LogP contribution is 2.38. The third kappa shape index (κ3) is 4.39. The molecule has 3 aromatic carbocycles. The molecule has 1 aromatic heterocycles. The number of furan rings is 1. The number of rotatable bonds is 5. The Kier molecular flexibility index (Phi) is 5.80. The number of benzene rings is 3. The van der Waals surface area contributed by atoms with Crippen molar-refractivity contribution in [3.63, 3.8) is 0 Å². The minimum atomic E-state index is -0.449. The van der Waals surface area contributed by atoms with Crippen LogP contribution >= 0.6 is 11.8 Å². The van der Waals surface area contributed by atoms with E-state index in [0.717, 1.165) is 11.4 Å². The Hall–Kier alpha value is -4.43. The molecule has 1 saturated heterocycles. The number of aliphatic imine (C=N–C) groups is 1. The van der Waals surface area contributed by atoms with Gasteiger partial charge >= 0.3 is 0 Å². The van der Waals surface area contributed by atoms with Crippen LogP contribution in [0, 0.1) is 10.1 Å². The number of hydrogen-bond donors (Lipinski definition) is 0. The second-order valence-corrected chi connectivity index (χ2v) is 8.34. The molecular weight excluding hydrogens is 450 g/mol. The molecule has 8 heteroatoms. The maximum absolute atomic E-state index is 13.3. The van der Waals surface area contributed by atoms with Crippen molar-refractivity contribution in [2.75, 3.05) is 4.90 Å². The number of nitrogens with zero attached hydrogens (tertiary/aromatic N) is 3. The molecule has 0 bridgehead atoms. The fourth-order valence-corrected chi connectivity index (χ4v) is 4.43. The van der Waals surface area contributed by atoms with E-state index in [2.05, 4.69) is 4.99 Å². The number of carbonyl (C=O) groups excluding carboxylic acids is 1. The van der Waals surface area contributed by atoms with E-state index in [1.165, 1.54) is 23.9 Å². The van der Waals surface area contributed by atoms with Gasteiger partial charge in [0.2, 0.25) is 0 Å². The van der Waals surface area contributed by atoms with E-state index in [9.17, 15) is 14.9 Å². The summed E-state index contributed by atoms with van der Waals surface area (Å²) in [5.41, 5.74) is 2.03. The Morgan fingerprint density at radius 1 is 0.912 bits per heavy atom. The Morgan fingerprint density at radius 3 is 2.38 bits per heavy atom. The van der Waals surface area contributed by atoms with Crippen LogP contribution in [0.15, 0.2) is 111 Å². The largest absolute Gasteiger partial charge is 0.457 e. The maximum Gasteiger partial charge on any atom is 0.271 e.